The lowest BCUT2D eigenvalue weighted by atomic mass is 9.92. The molecule has 1 aliphatic heterocycles. The van der Waals surface area contributed by atoms with Gasteiger partial charge in [-0.25, -0.2) is 9.97 Å². The van der Waals surface area contributed by atoms with Gasteiger partial charge in [0.15, 0.2) is 0 Å². The van der Waals surface area contributed by atoms with Crippen molar-refractivity contribution in [2.24, 2.45) is 0 Å². The zero-order valence-electron chi connectivity index (χ0n) is 12.8. The number of nitrogens with zero attached hydrogens (tertiary/aromatic N) is 3. The van der Waals surface area contributed by atoms with Crippen LogP contribution in [-0.4, -0.2) is 39.9 Å². The maximum absolute atomic E-state index is 11.3. The zero-order chi connectivity index (χ0) is 14.8. The molecule has 1 fully saturated rings. The van der Waals surface area contributed by atoms with Gasteiger partial charge >= 0.3 is 0 Å². The number of anilines is 1. The Balaban J connectivity index is 1.96. The van der Waals surface area contributed by atoms with E-state index in [0.717, 1.165) is 37.4 Å². The van der Waals surface area contributed by atoms with E-state index in [-0.39, 0.29) is 11.3 Å². The number of carbonyl (C=O) groups is 1. The van der Waals surface area contributed by atoms with Gasteiger partial charge < -0.3 is 10.2 Å². The van der Waals surface area contributed by atoms with E-state index in [9.17, 15) is 4.79 Å². The molecule has 0 aliphatic carbocycles. The molecule has 1 aromatic heterocycles. The lowest BCUT2D eigenvalue weighted by molar-refractivity contribution is -0.129. The topological polar surface area (TPSA) is 58.1 Å². The van der Waals surface area contributed by atoms with Crippen LogP contribution in [0, 0.1) is 0 Å². The third-order valence-corrected chi connectivity index (χ3v) is 3.73. The fourth-order valence-electron chi connectivity index (χ4n) is 2.39. The van der Waals surface area contributed by atoms with Crippen LogP contribution in [0.2, 0.25) is 0 Å². The summed E-state index contributed by atoms with van der Waals surface area (Å²) in [4.78, 5) is 21.8. The van der Waals surface area contributed by atoms with Crippen molar-refractivity contribution in [3.05, 3.63) is 18.1 Å². The Bertz CT molecular complexity index is 473. The molecular formula is C15H24N4O. The summed E-state index contributed by atoms with van der Waals surface area (Å²) < 4.78 is 0. The van der Waals surface area contributed by atoms with E-state index in [1.54, 1.807) is 13.3 Å². The van der Waals surface area contributed by atoms with Gasteiger partial charge in [0.25, 0.3) is 0 Å². The van der Waals surface area contributed by atoms with Gasteiger partial charge in [0.2, 0.25) is 5.91 Å². The predicted molar refractivity (Wildman–Crippen MR) is 79.6 cm³/mol. The van der Waals surface area contributed by atoms with Crippen LogP contribution in [0.3, 0.4) is 0 Å². The number of hydrogen-bond donors (Lipinski definition) is 1. The molecule has 2 rings (SSSR count). The van der Waals surface area contributed by atoms with Crippen molar-refractivity contribution in [3.8, 4) is 0 Å². The van der Waals surface area contributed by atoms with E-state index in [0.29, 0.717) is 6.04 Å². The molecule has 1 N–H and O–H groups in total. The summed E-state index contributed by atoms with van der Waals surface area (Å²) in [7, 11) is 0. The van der Waals surface area contributed by atoms with Gasteiger partial charge in [0.1, 0.15) is 12.1 Å². The molecule has 0 unspecified atom stereocenters. The highest BCUT2D eigenvalue weighted by Gasteiger charge is 2.21. The number of likely N-dealkylation sites (tertiary alicyclic amines) is 1. The SMILES string of the molecule is CC(=O)N1CCC(Nc2cc(C(C)(C)C)ncn2)CC1. The van der Waals surface area contributed by atoms with Crippen LogP contribution in [0.25, 0.3) is 0 Å². The maximum atomic E-state index is 11.3. The monoisotopic (exact) mass is 276 g/mol. The molecule has 1 amide bonds. The predicted octanol–water partition coefficient (Wildman–Crippen LogP) is 2.20. The van der Waals surface area contributed by atoms with Gasteiger partial charge in [-0.05, 0) is 12.8 Å². The summed E-state index contributed by atoms with van der Waals surface area (Å²) >= 11 is 0. The summed E-state index contributed by atoms with van der Waals surface area (Å²) in [6.07, 6.45) is 3.55. The van der Waals surface area contributed by atoms with E-state index < -0.39 is 0 Å². The lowest BCUT2D eigenvalue weighted by Crippen LogP contribution is -2.41. The minimum atomic E-state index is 0.0252. The molecule has 1 aliphatic rings. The second-order valence-corrected chi connectivity index (χ2v) is 6.46. The third kappa shape index (κ3) is 3.68. The van der Waals surface area contributed by atoms with Crippen molar-refractivity contribution < 1.29 is 4.79 Å². The normalized spacial score (nSPS) is 17.1. The van der Waals surface area contributed by atoms with Crippen LogP contribution in [0.4, 0.5) is 5.82 Å². The molecule has 0 radical (unpaired) electrons. The highest BCUT2D eigenvalue weighted by atomic mass is 16.2. The van der Waals surface area contributed by atoms with Gasteiger partial charge in [0.05, 0.1) is 5.69 Å². The Labute approximate surface area is 120 Å². The number of hydrogen-bond acceptors (Lipinski definition) is 4. The van der Waals surface area contributed by atoms with Gasteiger partial charge in [0, 0.05) is 37.5 Å². The number of aromatic nitrogens is 2. The fraction of sp³-hybridized carbons (Fsp3) is 0.667. The molecule has 20 heavy (non-hydrogen) atoms. The van der Waals surface area contributed by atoms with E-state index in [1.807, 2.05) is 11.0 Å². The number of nitrogens with one attached hydrogen (secondary N) is 1. The maximum Gasteiger partial charge on any atom is 0.219 e. The van der Waals surface area contributed by atoms with Crippen molar-refractivity contribution in [2.75, 3.05) is 18.4 Å². The second kappa shape index (κ2) is 5.77. The van der Waals surface area contributed by atoms with Crippen molar-refractivity contribution in [3.63, 3.8) is 0 Å². The highest BCUT2D eigenvalue weighted by molar-refractivity contribution is 5.73. The molecule has 0 spiro atoms. The van der Waals surface area contributed by atoms with Gasteiger partial charge in [-0.3, -0.25) is 4.79 Å². The second-order valence-electron chi connectivity index (χ2n) is 6.46. The fourth-order valence-corrected chi connectivity index (χ4v) is 2.39. The van der Waals surface area contributed by atoms with Crippen molar-refractivity contribution in [1.82, 2.24) is 14.9 Å². The Morgan fingerprint density at radius 2 is 1.95 bits per heavy atom. The number of piperidine rings is 1. The molecule has 110 valence electrons. The van der Waals surface area contributed by atoms with E-state index in [2.05, 4.69) is 36.1 Å². The molecule has 0 atom stereocenters. The minimum Gasteiger partial charge on any atom is -0.367 e. The summed E-state index contributed by atoms with van der Waals surface area (Å²) in [6, 6.07) is 2.41. The largest absolute Gasteiger partial charge is 0.367 e. The van der Waals surface area contributed by atoms with Gasteiger partial charge in [-0.2, -0.15) is 0 Å². The molecule has 5 nitrogen and oxygen atoms in total. The smallest absolute Gasteiger partial charge is 0.219 e. The molecule has 0 aromatic carbocycles. The Hall–Kier alpha value is -1.65. The first-order valence-electron chi connectivity index (χ1n) is 7.21. The summed E-state index contributed by atoms with van der Waals surface area (Å²) in [6.45, 7) is 9.71. The summed E-state index contributed by atoms with van der Waals surface area (Å²) in [5.41, 5.74) is 1.06. The zero-order valence-corrected chi connectivity index (χ0v) is 12.8. The van der Waals surface area contributed by atoms with E-state index >= 15 is 0 Å². The first kappa shape index (κ1) is 14.8. The minimum absolute atomic E-state index is 0.0252. The van der Waals surface area contributed by atoms with Crippen LogP contribution in [0.15, 0.2) is 12.4 Å². The van der Waals surface area contributed by atoms with Crippen LogP contribution >= 0.6 is 0 Å². The first-order chi connectivity index (χ1) is 9.36. The van der Waals surface area contributed by atoms with Crippen molar-refractivity contribution >= 4 is 11.7 Å². The van der Waals surface area contributed by atoms with Crippen molar-refractivity contribution in [2.45, 2.75) is 52.0 Å². The number of carbonyl (C=O) groups excluding carboxylic acids is 1. The Kier molecular flexibility index (Phi) is 4.26. The molecule has 5 heteroatoms. The Morgan fingerprint density at radius 3 is 2.50 bits per heavy atom. The Morgan fingerprint density at radius 1 is 1.30 bits per heavy atom. The molecule has 0 bridgehead atoms. The molecule has 1 aromatic rings. The van der Waals surface area contributed by atoms with Crippen LogP contribution in [0.1, 0.15) is 46.2 Å². The standard InChI is InChI=1S/C15H24N4O/c1-11(20)19-7-5-12(6-8-19)18-14-9-13(15(2,3)4)16-10-17-14/h9-10,12H,5-8H2,1-4H3,(H,16,17,18). The van der Waals surface area contributed by atoms with Gasteiger partial charge in [-0.15, -0.1) is 0 Å². The average Bonchev–Trinajstić information content (AvgIpc) is 2.38. The van der Waals surface area contributed by atoms with E-state index in [4.69, 9.17) is 0 Å². The first-order valence-corrected chi connectivity index (χ1v) is 7.21. The van der Waals surface area contributed by atoms with E-state index in [1.165, 1.54) is 0 Å². The third-order valence-electron chi connectivity index (χ3n) is 3.73. The highest BCUT2D eigenvalue weighted by Crippen LogP contribution is 2.22. The summed E-state index contributed by atoms with van der Waals surface area (Å²) in [5.74, 6) is 1.05. The van der Waals surface area contributed by atoms with Crippen LogP contribution < -0.4 is 5.32 Å². The van der Waals surface area contributed by atoms with Crippen LogP contribution in [0.5, 0.6) is 0 Å². The molecule has 0 saturated carbocycles. The van der Waals surface area contributed by atoms with Crippen LogP contribution in [-0.2, 0) is 10.2 Å². The number of rotatable bonds is 2. The van der Waals surface area contributed by atoms with Crippen molar-refractivity contribution in [1.29, 1.82) is 0 Å². The summed E-state index contributed by atoms with van der Waals surface area (Å²) in [5, 5.41) is 3.46. The molecule has 2 heterocycles. The lowest BCUT2D eigenvalue weighted by Gasteiger charge is -2.32. The molecule has 1 saturated heterocycles. The molecular weight excluding hydrogens is 252 g/mol. The average molecular weight is 276 g/mol. The van der Waals surface area contributed by atoms with Gasteiger partial charge in [-0.1, -0.05) is 20.8 Å². The quantitative estimate of drug-likeness (QED) is 0.899. The number of amides is 1.